The maximum atomic E-state index is 12.1. The Balaban J connectivity index is 0.000000156. The summed E-state index contributed by atoms with van der Waals surface area (Å²) in [6.45, 7) is 13.6. The molecule has 0 amide bonds. The van der Waals surface area contributed by atoms with Gasteiger partial charge >= 0.3 is 11.9 Å². The van der Waals surface area contributed by atoms with Crippen LogP contribution >= 0.6 is 15.9 Å². The van der Waals surface area contributed by atoms with Gasteiger partial charge in [0.2, 0.25) is 11.8 Å². The molecule has 2 aliphatic heterocycles. The van der Waals surface area contributed by atoms with Crippen molar-refractivity contribution in [1.29, 1.82) is 0 Å². The number of nitrogens with one attached hydrogen (secondary N) is 1. The van der Waals surface area contributed by atoms with Crippen molar-refractivity contribution in [3.05, 3.63) is 134 Å². The van der Waals surface area contributed by atoms with Crippen molar-refractivity contribution in [2.24, 2.45) is 25.9 Å². The van der Waals surface area contributed by atoms with E-state index in [9.17, 15) is 9.59 Å². The minimum Gasteiger partial charge on any atom is -0.475 e. The summed E-state index contributed by atoms with van der Waals surface area (Å²) in [5.74, 6) is 1.53. The molecule has 4 fully saturated rings. The molecule has 0 bridgehead atoms. The van der Waals surface area contributed by atoms with Crippen molar-refractivity contribution < 1.29 is 56.5 Å². The van der Waals surface area contributed by atoms with Gasteiger partial charge in [-0.3, -0.25) is 24.5 Å². The molecular formula is C74H87BrN10O12. The number of carbonyl (C=O) groups is 2. The van der Waals surface area contributed by atoms with Crippen LogP contribution in [0.15, 0.2) is 131 Å². The first-order valence-electron chi connectivity index (χ1n) is 33.8. The third-order valence-corrected chi connectivity index (χ3v) is 19.2. The quantitative estimate of drug-likeness (QED) is 0.0463. The van der Waals surface area contributed by atoms with Gasteiger partial charge in [0, 0.05) is 170 Å². The number of halogens is 1. The zero-order valence-corrected chi connectivity index (χ0v) is 58.0. The second-order valence-corrected chi connectivity index (χ2v) is 26.9. The number of esters is 2. The highest BCUT2D eigenvalue weighted by Gasteiger charge is 2.37. The number of nitrogens with zero attached hydrogens (tertiary/aromatic N) is 9. The molecule has 8 aromatic heterocycles. The molecule has 0 spiro atoms. The molecule has 512 valence electrons. The monoisotopic (exact) mass is 1390 g/mol. The number of pyridine rings is 4. The SMILES string of the molecule is COC(=O)C(c1cc(OCCBr)no1)C(C)C.COC(=O)C(c1cc(OCCN2CCC(OC3CC(Oc4ccc(-c5ccc6c7cnccc7n(C)c6c5)cn4)C3)CC2)no1)C(C)C.Cn1c2ccncc2c2ccc(-c3ccc(OC4CC(OC5CCNCC5)C4)nc3)cc21. The first kappa shape index (κ1) is 68.5. The second kappa shape index (κ2) is 31.8. The zero-order chi connectivity index (χ0) is 67.5. The van der Waals surface area contributed by atoms with Gasteiger partial charge in [-0.15, -0.1) is 0 Å². The lowest BCUT2D eigenvalue weighted by Gasteiger charge is -2.39. The summed E-state index contributed by atoms with van der Waals surface area (Å²) in [5, 5.41) is 16.6. The van der Waals surface area contributed by atoms with Crippen LogP contribution in [0.1, 0.15) is 102 Å². The van der Waals surface area contributed by atoms with Crippen LogP contribution in [-0.2, 0) is 42.6 Å². The lowest BCUT2D eigenvalue weighted by Crippen LogP contribution is -2.45. The van der Waals surface area contributed by atoms with Crippen molar-refractivity contribution in [2.45, 2.75) is 128 Å². The minimum atomic E-state index is -0.498. The predicted molar refractivity (Wildman–Crippen MR) is 372 cm³/mol. The van der Waals surface area contributed by atoms with E-state index in [4.69, 9.17) is 46.9 Å². The average molecular weight is 1390 g/mol. The third kappa shape index (κ3) is 16.4. The van der Waals surface area contributed by atoms with Crippen molar-refractivity contribution in [3.63, 3.8) is 0 Å². The highest BCUT2D eigenvalue weighted by Crippen LogP contribution is 2.37. The molecule has 2 saturated heterocycles. The van der Waals surface area contributed by atoms with Gasteiger partial charge in [0.25, 0.3) is 11.8 Å². The molecule has 2 unspecified atom stereocenters. The van der Waals surface area contributed by atoms with Gasteiger partial charge in [-0.2, -0.15) is 0 Å². The van der Waals surface area contributed by atoms with Gasteiger partial charge in [-0.1, -0.05) is 67.9 Å². The fourth-order valence-electron chi connectivity index (χ4n) is 13.3. The van der Waals surface area contributed by atoms with Crippen LogP contribution in [0, 0.1) is 11.8 Å². The van der Waals surface area contributed by atoms with E-state index in [2.05, 4.69) is 140 Å². The van der Waals surface area contributed by atoms with E-state index >= 15 is 0 Å². The fourth-order valence-corrected chi connectivity index (χ4v) is 13.5. The lowest BCUT2D eigenvalue weighted by molar-refractivity contribution is -0.145. The topological polar surface area (TPSA) is 237 Å². The Morgan fingerprint density at radius 1 is 0.526 bits per heavy atom. The van der Waals surface area contributed by atoms with Crippen LogP contribution in [0.4, 0.5) is 0 Å². The Morgan fingerprint density at radius 3 is 1.41 bits per heavy atom. The first-order valence-corrected chi connectivity index (χ1v) is 34.9. The molecule has 14 rings (SSSR count). The maximum Gasteiger partial charge on any atom is 0.316 e. The maximum absolute atomic E-state index is 12.1. The highest BCUT2D eigenvalue weighted by molar-refractivity contribution is 9.09. The molecule has 23 heteroatoms. The minimum absolute atomic E-state index is 0.0254. The number of alkyl halides is 1. The summed E-state index contributed by atoms with van der Waals surface area (Å²) >= 11 is 3.24. The Bertz CT molecular complexity index is 4220. The Hall–Kier alpha value is -8.48. The molecule has 2 aromatic carbocycles. The molecule has 4 aliphatic rings. The second-order valence-electron chi connectivity index (χ2n) is 26.1. The standard InChI is InChI=1S/C37H43N5O6.C26H28N4O2.C11H16BrNO4/c1-23(2)36(37(43)44-4)33-20-35(40-48-33)45-16-15-42-13-10-26(11-14-42)46-27-18-28(19-27)47-34-8-6-25(21-39-34)24-5-7-29-30-22-38-12-9-31(30)41(3)32(29)17-24;1-30-24-8-11-28-16-23(24)22-4-2-17(12-25(22)30)18-3-5-26(29-15-18)32-21-13-20(14-21)31-19-6-9-27-10-7-19;1-7(2)10(11(14)15-3)8-6-9(13-17-8)16-5-4-12/h5-9,12,17,20-23,26-28,36H,10-11,13-16,18-19H2,1-4H3;2-5,8,11-12,15-16,19-21,27H,6-7,9-10,13-14H2,1H3;6-7,10H,4-5H2,1-3H3. The molecule has 2 aliphatic carbocycles. The Labute approximate surface area is 573 Å². The molecule has 1 N–H and O–H groups in total. The van der Waals surface area contributed by atoms with Crippen molar-refractivity contribution in [3.8, 4) is 45.8 Å². The summed E-state index contributed by atoms with van der Waals surface area (Å²) in [6, 6.07) is 28.6. The zero-order valence-electron chi connectivity index (χ0n) is 56.4. The smallest absolute Gasteiger partial charge is 0.316 e. The van der Waals surface area contributed by atoms with Gasteiger partial charge < -0.3 is 61.4 Å². The largest absolute Gasteiger partial charge is 0.475 e. The Kier molecular flexibility index (Phi) is 22.4. The fraction of sp³-hybridized carbons (Fsp3) is 0.459. The normalized spacial score (nSPS) is 19.0. The molecule has 97 heavy (non-hydrogen) atoms. The van der Waals surface area contributed by atoms with E-state index in [0.717, 1.165) is 112 Å². The number of rotatable bonds is 23. The number of hydrogen-bond acceptors (Lipinski definition) is 20. The number of aromatic nitrogens is 8. The van der Waals surface area contributed by atoms with E-state index < -0.39 is 11.8 Å². The number of methoxy groups -OCH3 is 2. The van der Waals surface area contributed by atoms with Gasteiger partial charge in [0.15, 0.2) is 11.5 Å². The van der Waals surface area contributed by atoms with E-state index in [1.807, 2.05) is 77.0 Å². The van der Waals surface area contributed by atoms with Crippen LogP contribution in [0.2, 0.25) is 0 Å². The molecule has 10 aromatic rings. The van der Waals surface area contributed by atoms with Gasteiger partial charge in [0.1, 0.15) is 30.7 Å². The molecular weight excluding hydrogens is 1300 g/mol. The lowest BCUT2D eigenvalue weighted by atomic mass is 9.91. The van der Waals surface area contributed by atoms with Crippen molar-refractivity contribution >= 4 is 71.5 Å². The molecule has 10 heterocycles. The highest BCUT2D eigenvalue weighted by atomic mass is 79.9. The van der Waals surface area contributed by atoms with E-state index in [1.54, 1.807) is 12.1 Å². The number of piperidine rings is 2. The van der Waals surface area contributed by atoms with Crippen molar-refractivity contribution in [2.75, 3.05) is 65.5 Å². The van der Waals surface area contributed by atoms with Crippen LogP contribution in [0.25, 0.3) is 65.9 Å². The number of fused-ring (bicyclic) bond motifs is 6. The third-order valence-electron chi connectivity index (χ3n) is 18.9. The van der Waals surface area contributed by atoms with Gasteiger partial charge in [-0.05, 0) is 108 Å². The van der Waals surface area contributed by atoms with Crippen LogP contribution in [0.5, 0.6) is 23.5 Å². The molecule has 22 nitrogen and oxygen atoms in total. The molecule has 2 saturated carbocycles. The van der Waals surface area contributed by atoms with E-state index in [0.29, 0.717) is 65.8 Å². The summed E-state index contributed by atoms with van der Waals surface area (Å²) in [4.78, 5) is 43.9. The number of carbonyl (C=O) groups excluding carboxylic acids is 2. The molecule has 2 atom stereocenters. The summed E-state index contributed by atoms with van der Waals surface area (Å²) in [7, 11) is 6.93. The average Bonchev–Trinajstić information content (AvgIpc) is 1.63. The predicted octanol–water partition coefficient (Wildman–Crippen LogP) is 13.0. The summed E-state index contributed by atoms with van der Waals surface area (Å²) < 4.78 is 60.5. The Morgan fingerprint density at radius 2 is 0.979 bits per heavy atom. The van der Waals surface area contributed by atoms with Crippen LogP contribution in [-0.4, -0.2) is 158 Å². The van der Waals surface area contributed by atoms with Crippen molar-refractivity contribution in [1.82, 2.24) is 49.6 Å². The van der Waals surface area contributed by atoms with Gasteiger partial charge in [-0.25, -0.2) is 9.97 Å². The van der Waals surface area contributed by atoms with Crippen LogP contribution in [0.3, 0.4) is 0 Å². The van der Waals surface area contributed by atoms with Gasteiger partial charge in [0.05, 0.1) is 56.3 Å². The number of likely N-dealkylation sites (tertiary alicyclic amines) is 1. The first-order chi connectivity index (χ1) is 47.2. The van der Waals surface area contributed by atoms with E-state index in [-0.39, 0.29) is 48.2 Å². The number of hydrogen-bond donors (Lipinski definition) is 1. The van der Waals surface area contributed by atoms with Crippen LogP contribution < -0.4 is 24.3 Å². The van der Waals surface area contributed by atoms with E-state index in [1.165, 1.54) is 52.4 Å². The summed E-state index contributed by atoms with van der Waals surface area (Å²) in [6.07, 6.45) is 20.8. The molecule has 0 radical (unpaired) electrons. The summed E-state index contributed by atoms with van der Waals surface area (Å²) in [5.41, 5.74) is 9.15. The number of aryl methyl sites for hydroxylation is 2. The number of ether oxygens (including phenoxy) is 8. The number of benzene rings is 2.